The van der Waals surface area contributed by atoms with Crippen molar-refractivity contribution in [1.82, 2.24) is 9.88 Å². The van der Waals surface area contributed by atoms with Crippen molar-refractivity contribution in [2.45, 2.75) is 6.92 Å². The van der Waals surface area contributed by atoms with Gasteiger partial charge in [0.15, 0.2) is 5.13 Å². The first-order valence-electron chi connectivity index (χ1n) is 6.80. The molecule has 0 spiro atoms. The Balaban J connectivity index is 2.04. The van der Waals surface area contributed by atoms with Crippen LogP contribution in [0.5, 0.6) is 0 Å². The predicted octanol–water partition coefficient (Wildman–Crippen LogP) is 3.57. The molecule has 1 aromatic heterocycles. The van der Waals surface area contributed by atoms with E-state index in [1.165, 1.54) is 22.3 Å². The molecule has 0 atom stereocenters. The maximum Gasteiger partial charge on any atom is 0.265 e. The minimum Gasteiger partial charge on any atom is -0.344 e. The fourth-order valence-corrected chi connectivity index (χ4v) is 3.00. The second kappa shape index (κ2) is 7.52. The van der Waals surface area contributed by atoms with Crippen LogP contribution in [0.2, 0.25) is 0 Å². The van der Waals surface area contributed by atoms with Gasteiger partial charge in [-0.05, 0) is 30.7 Å². The number of benzene rings is 1. The Morgan fingerprint density at radius 1 is 1.26 bits per heavy atom. The zero-order valence-corrected chi connectivity index (χ0v) is 15.4. The SMILES string of the molecule is Cc1nc(NC(=O)C=Cc2ccc(Br)cc2)sc1C(=O)N(C)C. The number of carbonyl (C=O) groups is 2. The Kier molecular flexibility index (Phi) is 5.68. The number of rotatable bonds is 4. The van der Waals surface area contributed by atoms with Gasteiger partial charge >= 0.3 is 0 Å². The molecule has 7 heteroatoms. The minimum absolute atomic E-state index is 0.120. The molecule has 1 aromatic carbocycles. The van der Waals surface area contributed by atoms with E-state index >= 15 is 0 Å². The highest BCUT2D eigenvalue weighted by molar-refractivity contribution is 9.10. The number of thiazole rings is 1. The van der Waals surface area contributed by atoms with Crippen molar-refractivity contribution >= 4 is 50.3 Å². The van der Waals surface area contributed by atoms with Crippen LogP contribution in [-0.4, -0.2) is 35.8 Å². The Hall–Kier alpha value is -1.99. The molecule has 0 aliphatic rings. The lowest BCUT2D eigenvalue weighted by atomic mass is 10.2. The molecule has 0 aliphatic carbocycles. The van der Waals surface area contributed by atoms with Crippen LogP contribution in [0.1, 0.15) is 20.9 Å². The van der Waals surface area contributed by atoms with Gasteiger partial charge in [-0.1, -0.05) is 39.4 Å². The van der Waals surface area contributed by atoms with Gasteiger partial charge in [0.05, 0.1) is 5.69 Å². The van der Waals surface area contributed by atoms with Crippen LogP contribution in [0.25, 0.3) is 6.08 Å². The molecule has 1 heterocycles. The van der Waals surface area contributed by atoms with E-state index in [1.54, 1.807) is 27.1 Å². The summed E-state index contributed by atoms with van der Waals surface area (Å²) in [6, 6.07) is 7.60. The summed E-state index contributed by atoms with van der Waals surface area (Å²) in [7, 11) is 3.36. The van der Waals surface area contributed by atoms with Crippen molar-refractivity contribution in [1.29, 1.82) is 0 Å². The van der Waals surface area contributed by atoms with Gasteiger partial charge in [0.2, 0.25) is 5.91 Å². The largest absolute Gasteiger partial charge is 0.344 e. The standard InChI is InChI=1S/C16H16BrN3O2S/c1-10-14(15(22)20(2)3)23-16(18-10)19-13(21)9-6-11-4-7-12(17)8-5-11/h4-9H,1-3H3,(H,18,19,21). The van der Waals surface area contributed by atoms with E-state index in [-0.39, 0.29) is 11.8 Å². The van der Waals surface area contributed by atoms with E-state index < -0.39 is 0 Å². The topological polar surface area (TPSA) is 62.3 Å². The average Bonchev–Trinajstić information content (AvgIpc) is 2.86. The monoisotopic (exact) mass is 393 g/mol. The van der Waals surface area contributed by atoms with Crippen LogP contribution in [0, 0.1) is 6.92 Å². The van der Waals surface area contributed by atoms with Gasteiger partial charge in [-0.25, -0.2) is 4.98 Å². The fraction of sp³-hybridized carbons (Fsp3) is 0.188. The number of nitrogens with zero attached hydrogens (tertiary/aromatic N) is 2. The van der Waals surface area contributed by atoms with Crippen LogP contribution < -0.4 is 5.32 Å². The second-order valence-electron chi connectivity index (χ2n) is 5.01. The molecule has 5 nitrogen and oxygen atoms in total. The lowest BCUT2D eigenvalue weighted by Gasteiger charge is -2.07. The molecule has 2 rings (SSSR count). The molecule has 0 aliphatic heterocycles. The summed E-state index contributed by atoms with van der Waals surface area (Å²) in [5, 5.41) is 3.10. The van der Waals surface area contributed by atoms with E-state index in [0.29, 0.717) is 15.7 Å². The third-order valence-corrected chi connectivity index (χ3v) is 4.51. The molecule has 1 N–H and O–H groups in total. The molecule has 23 heavy (non-hydrogen) atoms. The van der Waals surface area contributed by atoms with Crippen molar-refractivity contribution in [3.05, 3.63) is 50.9 Å². The Morgan fingerprint density at radius 3 is 2.52 bits per heavy atom. The highest BCUT2D eigenvalue weighted by Gasteiger charge is 2.17. The van der Waals surface area contributed by atoms with E-state index in [9.17, 15) is 9.59 Å². The van der Waals surface area contributed by atoms with Gasteiger partial charge in [0.25, 0.3) is 5.91 Å². The molecular formula is C16H16BrN3O2S. The van der Waals surface area contributed by atoms with E-state index in [0.717, 1.165) is 10.0 Å². The summed E-state index contributed by atoms with van der Waals surface area (Å²) in [5.41, 5.74) is 1.53. The number of amides is 2. The Labute approximate surface area is 147 Å². The van der Waals surface area contributed by atoms with E-state index in [1.807, 2.05) is 24.3 Å². The molecule has 0 saturated heterocycles. The van der Waals surface area contributed by atoms with Crippen LogP contribution in [0.4, 0.5) is 5.13 Å². The van der Waals surface area contributed by atoms with Crippen molar-refractivity contribution < 1.29 is 9.59 Å². The van der Waals surface area contributed by atoms with Gasteiger partial charge in [0.1, 0.15) is 4.88 Å². The van der Waals surface area contributed by atoms with Gasteiger partial charge in [-0.3, -0.25) is 14.9 Å². The zero-order chi connectivity index (χ0) is 17.0. The second-order valence-corrected chi connectivity index (χ2v) is 6.92. The first-order chi connectivity index (χ1) is 10.9. The number of anilines is 1. The molecule has 0 fully saturated rings. The van der Waals surface area contributed by atoms with Crippen LogP contribution in [0.15, 0.2) is 34.8 Å². The summed E-state index contributed by atoms with van der Waals surface area (Å²) < 4.78 is 0.982. The number of aromatic nitrogens is 1. The molecule has 0 radical (unpaired) electrons. The molecule has 0 saturated carbocycles. The first-order valence-corrected chi connectivity index (χ1v) is 8.41. The number of hydrogen-bond donors (Lipinski definition) is 1. The minimum atomic E-state index is -0.287. The summed E-state index contributed by atoms with van der Waals surface area (Å²) in [6.07, 6.45) is 3.15. The molecule has 120 valence electrons. The lowest BCUT2D eigenvalue weighted by Crippen LogP contribution is -2.21. The Bertz CT molecular complexity index is 751. The summed E-state index contributed by atoms with van der Waals surface area (Å²) in [4.78, 5) is 30.1. The maximum atomic E-state index is 12.0. The smallest absolute Gasteiger partial charge is 0.265 e. The highest BCUT2D eigenvalue weighted by Crippen LogP contribution is 2.23. The summed E-state index contributed by atoms with van der Waals surface area (Å²) in [6.45, 7) is 1.75. The number of carbonyl (C=O) groups excluding carboxylic acids is 2. The van der Waals surface area contributed by atoms with Gasteiger partial charge in [0, 0.05) is 24.6 Å². The number of halogens is 1. The van der Waals surface area contributed by atoms with Crippen molar-refractivity contribution in [3.8, 4) is 0 Å². The Morgan fingerprint density at radius 2 is 1.91 bits per heavy atom. The number of hydrogen-bond acceptors (Lipinski definition) is 4. The zero-order valence-electron chi connectivity index (χ0n) is 13.0. The normalized spacial score (nSPS) is 10.8. The fourth-order valence-electron chi connectivity index (χ4n) is 1.74. The van der Waals surface area contributed by atoms with Crippen molar-refractivity contribution in [2.75, 3.05) is 19.4 Å². The molecule has 0 unspecified atom stereocenters. The van der Waals surface area contributed by atoms with Crippen LogP contribution >= 0.6 is 27.3 Å². The van der Waals surface area contributed by atoms with Gasteiger partial charge in [-0.15, -0.1) is 0 Å². The number of nitrogens with one attached hydrogen (secondary N) is 1. The third-order valence-electron chi connectivity index (χ3n) is 2.92. The third kappa shape index (κ3) is 4.74. The quantitative estimate of drug-likeness (QED) is 0.807. The maximum absolute atomic E-state index is 12.0. The molecule has 2 aromatic rings. The predicted molar refractivity (Wildman–Crippen MR) is 96.7 cm³/mol. The van der Waals surface area contributed by atoms with Gasteiger partial charge < -0.3 is 4.90 Å². The first kappa shape index (κ1) is 17.4. The van der Waals surface area contributed by atoms with Crippen molar-refractivity contribution in [3.63, 3.8) is 0 Å². The van der Waals surface area contributed by atoms with Crippen LogP contribution in [0.3, 0.4) is 0 Å². The lowest BCUT2D eigenvalue weighted by molar-refractivity contribution is -0.111. The highest BCUT2D eigenvalue weighted by atomic mass is 79.9. The summed E-state index contributed by atoms with van der Waals surface area (Å²) >= 11 is 4.53. The number of aryl methyl sites for hydroxylation is 1. The molecule has 0 bridgehead atoms. The average molecular weight is 394 g/mol. The van der Waals surface area contributed by atoms with E-state index in [4.69, 9.17) is 0 Å². The molecule has 2 amide bonds. The van der Waals surface area contributed by atoms with E-state index in [2.05, 4.69) is 26.2 Å². The molecular weight excluding hydrogens is 378 g/mol. The van der Waals surface area contributed by atoms with Crippen LogP contribution in [-0.2, 0) is 4.79 Å². The van der Waals surface area contributed by atoms with Crippen molar-refractivity contribution in [2.24, 2.45) is 0 Å². The summed E-state index contributed by atoms with van der Waals surface area (Å²) in [5.74, 6) is -0.406. The van der Waals surface area contributed by atoms with Gasteiger partial charge in [-0.2, -0.15) is 0 Å².